The summed E-state index contributed by atoms with van der Waals surface area (Å²) in [5, 5.41) is 20.1. The van der Waals surface area contributed by atoms with E-state index < -0.39 is 23.3 Å². The van der Waals surface area contributed by atoms with Crippen LogP contribution >= 0.6 is 0 Å². The lowest BCUT2D eigenvalue weighted by Gasteiger charge is -2.62. The Hall–Kier alpha value is -0.870. The van der Waals surface area contributed by atoms with Crippen molar-refractivity contribution in [3.05, 3.63) is 11.6 Å². The van der Waals surface area contributed by atoms with Gasteiger partial charge in [-0.2, -0.15) is 0 Å². The second-order valence-electron chi connectivity index (χ2n) is 9.53. The molecule has 5 atom stereocenters. The molecule has 24 heavy (non-hydrogen) atoms. The van der Waals surface area contributed by atoms with Crippen LogP contribution in [0.3, 0.4) is 0 Å². The molecule has 136 valence electrons. The molecule has 1 spiro atoms. The Balaban J connectivity index is 2.07. The third-order valence-electron chi connectivity index (χ3n) is 7.32. The molecule has 2 aliphatic carbocycles. The second kappa shape index (κ2) is 5.31. The molecule has 1 aliphatic heterocycles. The first kappa shape index (κ1) is 17.9. The van der Waals surface area contributed by atoms with E-state index in [-0.39, 0.29) is 23.2 Å². The standard InChI is InChI=1S/C20H32O4/c1-13-11-14(21)16-17(2,3)7-6-8-19(16,5)20(13)10-9-18(4,24-20)12-15(22)23/h11,14,16,21H,6-10,12H2,1-5H3,(H,22,23)/t14-,16-,18-,19-,20+/m0/s1. The van der Waals surface area contributed by atoms with Crippen molar-refractivity contribution in [2.45, 2.75) is 90.4 Å². The molecule has 0 amide bonds. The topological polar surface area (TPSA) is 66.8 Å². The fourth-order valence-electron chi connectivity index (χ4n) is 6.40. The lowest BCUT2D eigenvalue weighted by molar-refractivity contribution is -0.209. The maximum Gasteiger partial charge on any atom is 0.306 e. The zero-order chi connectivity index (χ0) is 18.0. The first-order valence-electron chi connectivity index (χ1n) is 9.25. The van der Waals surface area contributed by atoms with E-state index in [1.807, 2.05) is 13.0 Å². The Morgan fingerprint density at radius 3 is 2.50 bits per heavy atom. The van der Waals surface area contributed by atoms with Gasteiger partial charge in [-0.25, -0.2) is 0 Å². The van der Waals surface area contributed by atoms with Crippen LogP contribution in [-0.4, -0.2) is 33.5 Å². The van der Waals surface area contributed by atoms with Crippen LogP contribution in [0.2, 0.25) is 0 Å². The average molecular weight is 336 g/mol. The molecule has 0 aromatic heterocycles. The monoisotopic (exact) mass is 336 g/mol. The van der Waals surface area contributed by atoms with E-state index in [1.54, 1.807) is 0 Å². The summed E-state index contributed by atoms with van der Waals surface area (Å²) in [5.41, 5.74) is -0.104. The molecule has 0 aromatic carbocycles. The number of aliphatic hydroxyl groups is 1. The summed E-state index contributed by atoms with van der Waals surface area (Å²) >= 11 is 0. The summed E-state index contributed by atoms with van der Waals surface area (Å²) in [7, 11) is 0. The molecule has 0 radical (unpaired) electrons. The predicted octanol–water partition coefficient (Wildman–Crippen LogP) is 3.92. The molecule has 1 saturated heterocycles. The molecule has 0 aromatic rings. The molecule has 1 heterocycles. The van der Waals surface area contributed by atoms with E-state index in [9.17, 15) is 15.0 Å². The third-order valence-corrected chi connectivity index (χ3v) is 7.32. The quantitative estimate of drug-likeness (QED) is 0.750. The summed E-state index contributed by atoms with van der Waals surface area (Å²) in [6.07, 6.45) is 6.41. The molecule has 3 rings (SSSR count). The molecule has 0 unspecified atom stereocenters. The Labute approximate surface area is 145 Å². The molecule has 2 N–H and O–H groups in total. The number of ether oxygens (including phenoxy) is 1. The number of aliphatic carboxylic acids is 1. The number of carboxylic acid groups (broad SMARTS) is 1. The largest absolute Gasteiger partial charge is 0.481 e. The van der Waals surface area contributed by atoms with Gasteiger partial charge in [-0.1, -0.05) is 33.3 Å². The van der Waals surface area contributed by atoms with Crippen LogP contribution in [0.4, 0.5) is 0 Å². The maximum atomic E-state index is 11.3. The Kier molecular flexibility index (Phi) is 3.97. The molecule has 0 bridgehead atoms. The summed E-state index contributed by atoms with van der Waals surface area (Å²) in [4.78, 5) is 11.3. The highest BCUT2D eigenvalue weighted by atomic mass is 16.5. The fraction of sp³-hybridized carbons (Fsp3) is 0.850. The molecule has 4 heteroatoms. The lowest BCUT2D eigenvalue weighted by Crippen LogP contribution is -2.63. The van der Waals surface area contributed by atoms with Crippen molar-refractivity contribution >= 4 is 5.97 Å². The Morgan fingerprint density at radius 2 is 1.88 bits per heavy atom. The predicted molar refractivity (Wildman–Crippen MR) is 92.7 cm³/mol. The minimum atomic E-state index is -0.808. The van der Waals surface area contributed by atoms with Crippen molar-refractivity contribution in [2.75, 3.05) is 0 Å². The van der Waals surface area contributed by atoms with Gasteiger partial charge in [0.2, 0.25) is 0 Å². The number of hydrogen-bond acceptors (Lipinski definition) is 3. The van der Waals surface area contributed by atoms with Gasteiger partial charge in [-0.3, -0.25) is 4.79 Å². The van der Waals surface area contributed by atoms with Gasteiger partial charge < -0.3 is 14.9 Å². The van der Waals surface area contributed by atoms with E-state index >= 15 is 0 Å². The summed E-state index contributed by atoms with van der Waals surface area (Å²) in [6, 6.07) is 0. The molecular weight excluding hydrogens is 304 g/mol. The highest BCUT2D eigenvalue weighted by Crippen LogP contribution is 2.66. The van der Waals surface area contributed by atoms with Gasteiger partial charge in [-0.05, 0) is 50.5 Å². The van der Waals surface area contributed by atoms with E-state index in [0.717, 1.165) is 37.7 Å². The van der Waals surface area contributed by atoms with Crippen molar-refractivity contribution in [3.63, 3.8) is 0 Å². The van der Waals surface area contributed by atoms with Gasteiger partial charge in [0.25, 0.3) is 0 Å². The molecule has 3 aliphatic rings. The van der Waals surface area contributed by atoms with Crippen LogP contribution in [0.25, 0.3) is 0 Å². The van der Waals surface area contributed by atoms with Crippen molar-refractivity contribution in [1.29, 1.82) is 0 Å². The van der Waals surface area contributed by atoms with Crippen molar-refractivity contribution < 1.29 is 19.7 Å². The van der Waals surface area contributed by atoms with E-state index in [1.165, 1.54) is 0 Å². The molecule has 4 nitrogen and oxygen atoms in total. The SMILES string of the molecule is CC1=C[C@H](O)[C@H]2C(C)(C)CCC[C@]2(C)[C@@]12CC[C@@](C)(CC(=O)O)O2. The number of hydrogen-bond donors (Lipinski definition) is 2. The van der Waals surface area contributed by atoms with Gasteiger partial charge in [0.05, 0.1) is 23.7 Å². The summed E-state index contributed by atoms with van der Waals surface area (Å²) in [6.45, 7) is 10.8. The first-order valence-corrected chi connectivity index (χ1v) is 9.25. The number of carbonyl (C=O) groups is 1. The minimum absolute atomic E-state index is 0.0364. The minimum Gasteiger partial charge on any atom is -0.481 e. The van der Waals surface area contributed by atoms with E-state index in [2.05, 4.69) is 27.7 Å². The third kappa shape index (κ3) is 2.37. The summed E-state index contributed by atoms with van der Waals surface area (Å²) in [5.74, 6) is -0.674. The average Bonchev–Trinajstić information content (AvgIpc) is 2.74. The maximum absolute atomic E-state index is 11.3. The normalized spacial score (nSPS) is 47.3. The first-order chi connectivity index (χ1) is 11.0. The van der Waals surface area contributed by atoms with Gasteiger partial charge >= 0.3 is 5.97 Å². The lowest BCUT2D eigenvalue weighted by atomic mass is 9.46. The number of aliphatic hydroxyl groups excluding tert-OH is 1. The zero-order valence-electron chi connectivity index (χ0n) is 15.7. The van der Waals surface area contributed by atoms with Gasteiger partial charge in [0.15, 0.2) is 0 Å². The van der Waals surface area contributed by atoms with Crippen LogP contribution in [0, 0.1) is 16.7 Å². The van der Waals surface area contributed by atoms with Gasteiger partial charge in [-0.15, -0.1) is 0 Å². The highest BCUT2D eigenvalue weighted by Gasteiger charge is 2.66. The Morgan fingerprint density at radius 1 is 1.21 bits per heavy atom. The zero-order valence-corrected chi connectivity index (χ0v) is 15.7. The van der Waals surface area contributed by atoms with Crippen LogP contribution in [0.1, 0.15) is 73.1 Å². The van der Waals surface area contributed by atoms with Crippen LogP contribution in [-0.2, 0) is 9.53 Å². The number of carboxylic acids is 1. The van der Waals surface area contributed by atoms with Crippen LogP contribution in [0.5, 0.6) is 0 Å². The van der Waals surface area contributed by atoms with E-state index in [0.29, 0.717) is 0 Å². The molecule has 2 fully saturated rings. The number of fused-ring (bicyclic) bond motifs is 2. The van der Waals surface area contributed by atoms with Gasteiger partial charge in [0.1, 0.15) is 0 Å². The van der Waals surface area contributed by atoms with Crippen molar-refractivity contribution in [2.24, 2.45) is 16.7 Å². The fourth-order valence-corrected chi connectivity index (χ4v) is 6.40. The van der Waals surface area contributed by atoms with Crippen molar-refractivity contribution in [1.82, 2.24) is 0 Å². The molecule has 1 saturated carbocycles. The van der Waals surface area contributed by atoms with Crippen molar-refractivity contribution in [3.8, 4) is 0 Å². The molecular formula is C20H32O4. The Bertz CT molecular complexity index is 580. The highest BCUT2D eigenvalue weighted by molar-refractivity contribution is 5.68. The summed E-state index contributed by atoms with van der Waals surface area (Å²) < 4.78 is 6.65. The van der Waals surface area contributed by atoms with Crippen LogP contribution in [0.15, 0.2) is 11.6 Å². The van der Waals surface area contributed by atoms with Gasteiger partial charge in [0, 0.05) is 11.3 Å². The second-order valence-corrected chi connectivity index (χ2v) is 9.53. The number of rotatable bonds is 2. The van der Waals surface area contributed by atoms with E-state index in [4.69, 9.17) is 4.74 Å². The van der Waals surface area contributed by atoms with Crippen LogP contribution < -0.4 is 0 Å². The smallest absolute Gasteiger partial charge is 0.306 e.